The van der Waals surface area contributed by atoms with Crippen molar-refractivity contribution in [2.45, 2.75) is 50.9 Å². The Hall–Kier alpha value is -0.650. The molecule has 94 valence electrons. The number of carboxylic acid groups (broad SMARTS) is 1. The summed E-state index contributed by atoms with van der Waals surface area (Å²) in [6.45, 7) is 3.98. The van der Waals surface area contributed by atoms with E-state index < -0.39 is 11.6 Å². The van der Waals surface area contributed by atoms with Crippen LogP contribution in [0, 0.1) is 0 Å². The van der Waals surface area contributed by atoms with Crippen molar-refractivity contribution < 1.29 is 24.5 Å². The summed E-state index contributed by atoms with van der Waals surface area (Å²) in [6.07, 6.45) is 0.942. The number of carbonyl (C=O) groups is 1. The first-order chi connectivity index (χ1) is 7.50. The zero-order chi connectivity index (χ0) is 12.2. The Morgan fingerprint density at radius 3 is 2.44 bits per heavy atom. The van der Waals surface area contributed by atoms with E-state index in [0.29, 0.717) is 19.3 Å². The molecule has 0 aromatic carbocycles. The minimum atomic E-state index is -1.15. The van der Waals surface area contributed by atoms with Crippen LogP contribution in [0.2, 0.25) is 0 Å². The molecule has 2 N–H and O–H groups in total. The van der Waals surface area contributed by atoms with Gasteiger partial charge in [-0.15, -0.1) is 0 Å². The molecule has 2 unspecified atom stereocenters. The van der Waals surface area contributed by atoms with Crippen molar-refractivity contribution >= 4 is 5.97 Å². The Balaban J connectivity index is 2.67. The molecule has 0 aromatic heterocycles. The van der Waals surface area contributed by atoms with Crippen molar-refractivity contribution in [2.75, 3.05) is 13.2 Å². The summed E-state index contributed by atoms with van der Waals surface area (Å²) >= 11 is 0. The van der Waals surface area contributed by atoms with Gasteiger partial charge in [0, 0.05) is 19.4 Å². The van der Waals surface area contributed by atoms with Gasteiger partial charge in [-0.2, -0.15) is 0 Å². The molecule has 1 aliphatic heterocycles. The topological polar surface area (TPSA) is 76.0 Å². The lowest BCUT2D eigenvalue weighted by Crippen LogP contribution is -2.51. The molecule has 0 spiro atoms. The maximum absolute atomic E-state index is 11.3. The van der Waals surface area contributed by atoms with E-state index in [1.807, 2.05) is 13.8 Å². The summed E-state index contributed by atoms with van der Waals surface area (Å²) in [5.41, 5.74) is -1.15. The van der Waals surface area contributed by atoms with Crippen molar-refractivity contribution in [1.82, 2.24) is 0 Å². The number of hydrogen-bond acceptors (Lipinski definition) is 4. The first kappa shape index (κ1) is 13.4. The Morgan fingerprint density at radius 1 is 1.44 bits per heavy atom. The van der Waals surface area contributed by atoms with Crippen molar-refractivity contribution in [1.29, 1.82) is 0 Å². The van der Waals surface area contributed by atoms with Gasteiger partial charge < -0.3 is 19.7 Å². The summed E-state index contributed by atoms with van der Waals surface area (Å²) in [5, 5.41) is 18.0. The van der Waals surface area contributed by atoms with Crippen LogP contribution in [0.1, 0.15) is 33.1 Å². The summed E-state index contributed by atoms with van der Waals surface area (Å²) in [7, 11) is 0. The molecule has 0 radical (unpaired) electrons. The van der Waals surface area contributed by atoms with Gasteiger partial charge in [-0.3, -0.25) is 0 Å². The predicted molar refractivity (Wildman–Crippen MR) is 57.3 cm³/mol. The Kier molecular flexibility index (Phi) is 4.70. The van der Waals surface area contributed by atoms with Gasteiger partial charge in [-0.25, -0.2) is 4.79 Å². The minimum absolute atomic E-state index is 0.0112. The number of aliphatic hydroxyl groups is 1. The summed E-state index contributed by atoms with van der Waals surface area (Å²) < 4.78 is 11.0. The van der Waals surface area contributed by atoms with Crippen molar-refractivity contribution in [3.05, 3.63) is 0 Å². The zero-order valence-corrected chi connectivity index (χ0v) is 9.81. The van der Waals surface area contributed by atoms with Crippen LogP contribution in [0.5, 0.6) is 0 Å². The lowest BCUT2D eigenvalue weighted by molar-refractivity contribution is -0.194. The molecule has 1 saturated heterocycles. The number of carboxylic acids is 1. The van der Waals surface area contributed by atoms with Gasteiger partial charge in [-0.1, -0.05) is 0 Å². The van der Waals surface area contributed by atoms with E-state index in [0.717, 1.165) is 0 Å². The van der Waals surface area contributed by atoms with Crippen LogP contribution in [0.25, 0.3) is 0 Å². The molecular weight excluding hydrogens is 212 g/mol. The molecule has 1 fully saturated rings. The molecule has 1 heterocycles. The van der Waals surface area contributed by atoms with Crippen molar-refractivity contribution in [3.8, 4) is 0 Å². The van der Waals surface area contributed by atoms with E-state index in [1.165, 1.54) is 0 Å². The quantitative estimate of drug-likeness (QED) is 0.685. The number of aliphatic hydroxyl groups excluding tert-OH is 1. The Bertz CT molecular complexity index is 231. The first-order valence-corrected chi connectivity index (χ1v) is 5.64. The second kappa shape index (κ2) is 5.61. The molecular formula is C11H20O5. The molecule has 0 amide bonds. The van der Waals surface area contributed by atoms with Crippen LogP contribution in [0.15, 0.2) is 0 Å². The van der Waals surface area contributed by atoms with Crippen molar-refractivity contribution in [2.24, 2.45) is 0 Å². The third-order valence-electron chi connectivity index (χ3n) is 2.77. The van der Waals surface area contributed by atoms with Crippen LogP contribution in [-0.2, 0) is 14.3 Å². The van der Waals surface area contributed by atoms with Gasteiger partial charge in [-0.05, 0) is 20.3 Å². The average Bonchev–Trinajstić information content (AvgIpc) is 2.16. The molecule has 0 aromatic rings. The van der Waals surface area contributed by atoms with E-state index >= 15 is 0 Å². The highest BCUT2D eigenvalue weighted by molar-refractivity contribution is 5.77. The lowest BCUT2D eigenvalue weighted by Gasteiger charge is -2.39. The average molecular weight is 232 g/mol. The largest absolute Gasteiger partial charge is 0.479 e. The second-order valence-electron chi connectivity index (χ2n) is 4.39. The van der Waals surface area contributed by atoms with Gasteiger partial charge in [0.1, 0.15) is 0 Å². The molecule has 0 saturated carbocycles. The second-order valence-corrected chi connectivity index (χ2v) is 4.39. The van der Waals surface area contributed by atoms with Crippen LogP contribution in [-0.4, -0.2) is 47.2 Å². The normalized spacial score (nSPS) is 34.9. The smallest absolute Gasteiger partial charge is 0.336 e. The standard InChI is InChI=1S/C11H20O5/c1-8-6-11(10(13)14,7-9(2)16-8)15-5-3-4-12/h8-9,12H,3-7H2,1-2H3,(H,13,14). The van der Waals surface area contributed by atoms with E-state index in [1.54, 1.807) is 0 Å². The molecule has 1 rings (SSSR count). The summed E-state index contributed by atoms with van der Waals surface area (Å²) in [5.74, 6) is -0.938. The van der Waals surface area contributed by atoms with E-state index in [4.69, 9.17) is 14.6 Å². The fraction of sp³-hybridized carbons (Fsp3) is 0.909. The SMILES string of the molecule is CC1CC(OCCCO)(C(=O)O)CC(C)O1. The molecule has 5 heteroatoms. The van der Waals surface area contributed by atoms with Crippen LogP contribution < -0.4 is 0 Å². The van der Waals surface area contributed by atoms with Crippen LogP contribution in [0.4, 0.5) is 0 Å². The first-order valence-electron chi connectivity index (χ1n) is 5.64. The maximum atomic E-state index is 11.3. The van der Waals surface area contributed by atoms with E-state index in [-0.39, 0.29) is 25.4 Å². The van der Waals surface area contributed by atoms with Gasteiger partial charge in [0.15, 0.2) is 5.60 Å². The summed E-state index contributed by atoms with van der Waals surface area (Å²) in [6, 6.07) is 0. The highest BCUT2D eigenvalue weighted by Crippen LogP contribution is 2.32. The van der Waals surface area contributed by atoms with E-state index in [9.17, 15) is 9.90 Å². The predicted octanol–water partition coefficient (Wildman–Crippen LogP) is 0.796. The minimum Gasteiger partial charge on any atom is -0.479 e. The monoisotopic (exact) mass is 232 g/mol. The lowest BCUT2D eigenvalue weighted by atomic mass is 9.87. The Morgan fingerprint density at radius 2 is 2.00 bits per heavy atom. The van der Waals surface area contributed by atoms with Gasteiger partial charge >= 0.3 is 5.97 Å². The molecule has 1 aliphatic rings. The highest BCUT2D eigenvalue weighted by Gasteiger charge is 2.46. The number of aliphatic carboxylic acids is 1. The number of ether oxygens (including phenoxy) is 2. The third kappa shape index (κ3) is 3.17. The fourth-order valence-corrected chi connectivity index (χ4v) is 2.19. The highest BCUT2D eigenvalue weighted by atomic mass is 16.5. The molecule has 0 bridgehead atoms. The third-order valence-corrected chi connectivity index (χ3v) is 2.77. The van der Waals surface area contributed by atoms with Crippen LogP contribution >= 0.6 is 0 Å². The Labute approximate surface area is 95.4 Å². The van der Waals surface area contributed by atoms with Gasteiger partial charge in [0.05, 0.1) is 18.8 Å². The maximum Gasteiger partial charge on any atom is 0.336 e. The fourth-order valence-electron chi connectivity index (χ4n) is 2.19. The van der Waals surface area contributed by atoms with Gasteiger partial charge in [0.2, 0.25) is 0 Å². The molecule has 0 aliphatic carbocycles. The molecule has 2 atom stereocenters. The molecule has 16 heavy (non-hydrogen) atoms. The zero-order valence-electron chi connectivity index (χ0n) is 9.81. The van der Waals surface area contributed by atoms with Crippen molar-refractivity contribution in [3.63, 3.8) is 0 Å². The number of hydrogen-bond donors (Lipinski definition) is 2. The van der Waals surface area contributed by atoms with E-state index in [2.05, 4.69) is 0 Å². The number of rotatable bonds is 5. The van der Waals surface area contributed by atoms with Crippen LogP contribution in [0.3, 0.4) is 0 Å². The summed E-state index contributed by atoms with van der Waals surface area (Å²) in [4.78, 5) is 11.3. The molecule has 5 nitrogen and oxygen atoms in total. The van der Waals surface area contributed by atoms with Gasteiger partial charge in [0.25, 0.3) is 0 Å².